The first kappa shape index (κ1) is 18.0. The molecule has 1 N–H and O–H groups in total. The average Bonchev–Trinajstić information content (AvgIpc) is 2.53. The number of nitrogens with one attached hydrogen (secondary N) is 1. The molecule has 0 aliphatic rings. The molecule has 1 rings (SSSR count). The molecule has 4 nitrogen and oxygen atoms in total. The van der Waals surface area contributed by atoms with E-state index in [1.165, 1.54) is 0 Å². The van der Waals surface area contributed by atoms with E-state index in [1.807, 2.05) is 18.2 Å². The first-order valence-electron chi connectivity index (χ1n) is 7.85. The van der Waals surface area contributed by atoms with Crippen LogP contribution in [0.5, 0.6) is 5.75 Å². The molecule has 0 spiro atoms. The number of rotatable bonds is 12. The van der Waals surface area contributed by atoms with Crippen molar-refractivity contribution in [3.05, 3.63) is 29.8 Å². The van der Waals surface area contributed by atoms with Gasteiger partial charge in [-0.2, -0.15) is 0 Å². The van der Waals surface area contributed by atoms with Gasteiger partial charge >= 0.3 is 0 Å². The van der Waals surface area contributed by atoms with Gasteiger partial charge in [-0.3, -0.25) is 0 Å². The summed E-state index contributed by atoms with van der Waals surface area (Å²) in [5.41, 5.74) is 1.13. The zero-order valence-electron chi connectivity index (χ0n) is 13.6. The first-order chi connectivity index (χ1) is 10.3. The summed E-state index contributed by atoms with van der Waals surface area (Å²) in [6, 6.07) is 8.06. The SMILES string of the molecule is CCCNCC(OCCOCCC)c1cccc(OC)c1. The van der Waals surface area contributed by atoms with Crippen LogP contribution in [0.15, 0.2) is 24.3 Å². The summed E-state index contributed by atoms with van der Waals surface area (Å²) < 4.78 is 16.7. The first-order valence-corrected chi connectivity index (χ1v) is 7.85. The van der Waals surface area contributed by atoms with E-state index in [4.69, 9.17) is 14.2 Å². The molecule has 21 heavy (non-hydrogen) atoms. The highest BCUT2D eigenvalue weighted by atomic mass is 16.5. The van der Waals surface area contributed by atoms with Gasteiger partial charge in [0, 0.05) is 13.2 Å². The second kappa shape index (κ2) is 11.5. The fraction of sp³-hybridized carbons (Fsp3) is 0.647. The lowest BCUT2D eigenvalue weighted by molar-refractivity contribution is 0.00427. The highest BCUT2D eigenvalue weighted by Crippen LogP contribution is 2.21. The van der Waals surface area contributed by atoms with E-state index in [9.17, 15) is 0 Å². The monoisotopic (exact) mass is 295 g/mol. The molecule has 1 aromatic carbocycles. The Hall–Kier alpha value is -1.10. The average molecular weight is 295 g/mol. The van der Waals surface area contributed by atoms with Crippen LogP contribution in [-0.4, -0.2) is 40.0 Å². The maximum Gasteiger partial charge on any atom is 0.119 e. The number of ether oxygens (including phenoxy) is 3. The summed E-state index contributed by atoms with van der Waals surface area (Å²) in [6.07, 6.45) is 2.18. The van der Waals surface area contributed by atoms with Crippen LogP contribution in [-0.2, 0) is 9.47 Å². The van der Waals surface area contributed by atoms with Gasteiger partial charge < -0.3 is 19.5 Å². The van der Waals surface area contributed by atoms with E-state index in [0.29, 0.717) is 13.2 Å². The summed E-state index contributed by atoms with van der Waals surface area (Å²) in [4.78, 5) is 0. The number of methoxy groups -OCH3 is 1. The Kier molecular flexibility index (Phi) is 9.87. The number of hydrogen-bond donors (Lipinski definition) is 1. The molecule has 0 amide bonds. The van der Waals surface area contributed by atoms with Crippen molar-refractivity contribution in [2.75, 3.05) is 40.0 Å². The van der Waals surface area contributed by atoms with Crippen molar-refractivity contribution in [3.8, 4) is 5.75 Å². The second-order valence-corrected chi connectivity index (χ2v) is 4.95. The van der Waals surface area contributed by atoms with Gasteiger partial charge in [-0.05, 0) is 37.1 Å². The molecular formula is C17H29NO3. The lowest BCUT2D eigenvalue weighted by atomic mass is 10.1. The molecular weight excluding hydrogens is 266 g/mol. The predicted molar refractivity (Wildman–Crippen MR) is 86.0 cm³/mol. The van der Waals surface area contributed by atoms with E-state index < -0.39 is 0 Å². The number of benzene rings is 1. The Morgan fingerprint density at radius 1 is 1.10 bits per heavy atom. The van der Waals surface area contributed by atoms with Crippen molar-refractivity contribution in [2.24, 2.45) is 0 Å². The summed E-state index contributed by atoms with van der Waals surface area (Å²) in [5.74, 6) is 0.860. The third-order valence-electron chi connectivity index (χ3n) is 3.12. The van der Waals surface area contributed by atoms with E-state index in [0.717, 1.165) is 43.9 Å². The standard InChI is InChI=1S/C17H29NO3/c1-4-9-18-14-17(21-12-11-20-10-5-2)15-7-6-8-16(13-15)19-3/h6-8,13,17-18H,4-5,9-12,14H2,1-3H3. The van der Waals surface area contributed by atoms with Gasteiger partial charge in [-0.15, -0.1) is 0 Å². The van der Waals surface area contributed by atoms with Gasteiger partial charge in [-0.25, -0.2) is 0 Å². The molecule has 0 aromatic heterocycles. The topological polar surface area (TPSA) is 39.7 Å². The molecule has 1 atom stereocenters. The molecule has 0 fully saturated rings. The third-order valence-corrected chi connectivity index (χ3v) is 3.12. The number of hydrogen-bond acceptors (Lipinski definition) is 4. The summed E-state index contributed by atoms with van der Waals surface area (Å²) in [6.45, 7) is 8.10. The van der Waals surface area contributed by atoms with Crippen LogP contribution in [0.2, 0.25) is 0 Å². The van der Waals surface area contributed by atoms with E-state index in [-0.39, 0.29) is 6.10 Å². The normalized spacial score (nSPS) is 12.3. The van der Waals surface area contributed by atoms with Gasteiger partial charge in [0.05, 0.1) is 26.4 Å². The molecule has 0 saturated heterocycles. The van der Waals surface area contributed by atoms with Gasteiger partial charge in [0.2, 0.25) is 0 Å². The Bertz CT molecular complexity index is 371. The van der Waals surface area contributed by atoms with Crippen molar-refractivity contribution in [3.63, 3.8) is 0 Å². The molecule has 0 saturated carbocycles. The molecule has 1 aromatic rings. The highest BCUT2D eigenvalue weighted by Gasteiger charge is 2.12. The lowest BCUT2D eigenvalue weighted by Crippen LogP contribution is -2.25. The van der Waals surface area contributed by atoms with E-state index >= 15 is 0 Å². The van der Waals surface area contributed by atoms with Crippen LogP contribution in [0, 0.1) is 0 Å². The molecule has 0 heterocycles. The fourth-order valence-electron chi connectivity index (χ4n) is 2.02. The largest absolute Gasteiger partial charge is 0.497 e. The molecule has 120 valence electrons. The van der Waals surface area contributed by atoms with Crippen molar-refractivity contribution in [1.29, 1.82) is 0 Å². The maximum absolute atomic E-state index is 5.98. The Balaban J connectivity index is 2.53. The van der Waals surface area contributed by atoms with Crippen LogP contribution in [0.4, 0.5) is 0 Å². The van der Waals surface area contributed by atoms with Crippen LogP contribution >= 0.6 is 0 Å². The third kappa shape index (κ3) is 7.46. The predicted octanol–water partition coefficient (Wildman–Crippen LogP) is 3.18. The second-order valence-electron chi connectivity index (χ2n) is 4.95. The molecule has 0 aliphatic carbocycles. The van der Waals surface area contributed by atoms with Crippen LogP contribution < -0.4 is 10.1 Å². The molecule has 0 bridgehead atoms. The Labute approximate surface area is 128 Å². The van der Waals surface area contributed by atoms with Crippen LogP contribution in [0.25, 0.3) is 0 Å². The molecule has 0 radical (unpaired) electrons. The lowest BCUT2D eigenvalue weighted by Gasteiger charge is -2.19. The molecule has 1 unspecified atom stereocenters. The Morgan fingerprint density at radius 2 is 1.95 bits per heavy atom. The van der Waals surface area contributed by atoms with Gasteiger partial charge in [0.15, 0.2) is 0 Å². The van der Waals surface area contributed by atoms with Crippen molar-refractivity contribution >= 4 is 0 Å². The maximum atomic E-state index is 5.98. The van der Waals surface area contributed by atoms with Crippen molar-refractivity contribution in [2.45, 2.75) is 32.8 Å². The minimum Gasteiger partial charge on any atom is -0.497 e. The molecule has 4 heteroatoms. The minimum atomic E-state index is 0.0249. The fourth-order valence-corrected chi connectivity index (χ4v) is 2.02. The Morgan fingerprint density at radius 3 is 2.67 bits per heavy atom. The molecule has 0 aliphatic heterocycles. The zero-order valence-corrected chi connectivity index (χ0v) is 13.6. The minimum absolute atomic E-state index is 0.0249. The summed E-state index contributed by atoms with van der Waals surface area (Å²) in [7, 11) is 1.68. The summed E-state index contributed by atoms with van der Waals surface area (Å²) >= 11 is 0. The highest BCUT2D eigenvalue weighted by molar-refractivity contribution is 5.30. The van der Waals surface area contributed by atoms with Gasteiger partial charge in [0.25, 0.3) is 0 Å². The van der Waals surface area contributed by atoms with Crippen molar-refractivity contribution in [1.82, 2.24) is 5.32 Å². The quantitative estimate of drug-likeness (QED) is 0.601. The van der Waals surface area contributed by atoms with E-state index in [2.05, 4.69) is 25.2 Å². The van der Waals surface area contributed by atoms with E-state index in [1.54, 1.807) is 7.11 Å². The smallest absolute Gasteiger partial charge is 0.119 e. The van der Waals surface area contributed by atoms with Crippen LogP contribution in [0.3, 0.4) is 0 Å². The van der Waals surface area contributed by atoms with Gasteiger partial charge in [0.1, 0.15) is 5.75 Å². The van der Waals surface area contributed by atoms with Crippen LogP contribution in [0.1, 0.15) is 38.4 Å². The van der Waals surface area contributed by atoms with Gasteiger partial charge in [-0.1, -0.05) is 26.0 Å². The van der Waals surface area contributed by atoms with Crippen molar-refractivity contribution < 1.29 is 14.2 Å². The summed E-state index contributed by atoms with van der Waals surface area (Å²) in [5, 5.41) is 3.42. The zero-order chi connectivity index (χ0) is 15.3.